The van der Waals surface area contributed by atoms with E-state index in [1.807, 2.05) is 26.8 Å². The number of benzene rings is 2. The standard InChI is InChI=1S/C20H21NO6/c1-12-9-14(3)16(10-13(12)2)20(23)15(4)27-19(22)11-26-18-8-6-5-7-17(18)21(24)25/h5-10,15H,11H2,1-4H3. The highest BCUT2D eigenvalue weighted by Crippen LogP contribution is 2.25. The number of nitrogens with zero attached hydrogens (tertiary/aromatic N) is 1. The van der Waals surface area contributed by atoms with E-state index in [4.69, 9.17) is 9.47 Å². The van der Waals surface area contributed by atoms with E-state index >= 15 is 0 Å². The van der Waals surface area contributed by atoms with Crippen LogP contribution >= 0.6 is 0 Å². The number of nitro groups is 1. The van der Waals surface area contributed by atoms with Gasteiger partial charge in [-0.15, -0.1) is 0 Å². The zero-order chi connectivity index (χ0) is 20.1. The largest absolute Gasteiger partial charge is 0.475 e. The molecule has 142 valence electrons. The summed E-state index contributed by atoms with van der Waals surface area (Å²) in [5.74, 6) is -1.13. The Morgan fingerprint density at radius 1 is 1.07 bits per heavy atom. The summed E-state index contributed by atoms with van der Waals surface area (Å²) in [5.41, 5.74) is 3.11. The first kappa shape index (κ1) is 20.1. The van der Waals surface area contributed by atoms with Crippen LogP contribution in [-0.4, -0.2) is 29.4 Å². The van der Waals surface area contributed by atoms with Crippen molar-refractivity contribution in [3.05, 3.63) is 68.8 Å². The van der Waals surface area contributed by atoms with Gasteiger partial charge in [-0.1, -0.05) is 18.2 Å². The van der Waals surface area contributed by atoms with E-state index in [9.17, 15) is 19.7 Å². The van der Waals surface area contributed by atoms with Crippen LogP contribution in [0.15, 0.2) is 36.4 Å². The van der Waals surface area contributed by atoms with Crippen molar-refractivity contribution in [2.24, 2.45) is 0 Å². The van der Waals surface area contributed by atoms with Crippen molar-refractivity contribution in [3.8, 4) is 5.75 Å². The molecule has 0 N–H and O–H groups in total. The van der Waals surface area contributed by atoms with Crippen LogP contribution in [0.3, 0.4) is 0 Å². The number of ether oxygens (including phenoxy) is 2. The number of ketones is 1. The lowest BCUT2D eigenvalue weighted by molar-refractivity contribution is -0.385. The smallest absolute Gasteiger partial charge is 0.344 e. The monoisotopic (exact) mass is 371 g/mol. The predicted octanol–water partition coefficient (Wildman–Crippen LogP) is 3.71. The zero-order valence-electron chi connectivity index (χ0n) is 15.6. The summed E-state index contributed by atoms with van der Waals surface area (Å²) < 4.78 is 10.3. The molecule has 0 saturated carbocycles. The summed E-state index contributed by atoms with van der Waals surface area (Å²) in [7, 11) is 0. The molecule has 0 radical (unpaired) electrons. The molecule has 2 rings (SSSR count). The third-order valence-corrected chi connectivity index (χ3v) is 4.19. The van der Waals surface area contributed by atoms with Gasteiger partial charge in [-0.2, -0.15) is 0 Å². The first-order chi connectivity index (χ1) is 12.7. The van der Waals surface area contributed by atoms with Crippen molar-refractivity contribution in [2.75, 3.05) is 6.61 Å². The molecule has 0 heterocycles. The van der Waals surface area contributed by atoms with E-state index in [-0.39, 0.29) is 17.2 Å². The fourth-order valence-electron chi connectivity index (χ4n) is 2.60. The number of nitro benzene ring substituents is 1. The topological polar surface area (TPSA) is 95.7 Å². The molecule has 2 aromatic rings. The maximum absolute atomic E-state index is 12.6. The number of aryl methyl sites for hydroxylation is 3. The second-order valence-corrected chi connectivity index (χ2v) is 6.26. The van der Waals surface area contributed by atoms with Gasteiger partial charge in [0.2, 0.25) is 5.78 Å². The Labute approximate surface area is 157 Å². The third kappa shape index (κ3) is 4.91. The van der Waals surface area contributed by atoms with E-state index in [1.165, 1.54) is 25.1 Å². The molecule has 1 atom stereocenters. The Morgan fingerprint density at radius 3 is 2.37 bits per heavy atom. The second kappa shape index (κ2) is 8.44. The molecular formula is C20H21NO6. The minimum absolute atomic E-state index is 0.0385. The van der Waals surface area contributed by atoms with Crippen LogP contribution in [-0.2, 0) is 9.53 Å². The van der Waals surface area contributed by atoms with Crippen LogP contribution in [0.2, 0.25) is 0 Å². The second-order valence-electron chi connectivity index (χ2n) is 6.26. The Hall–Kier alpha value is -3.22. The molecule has 7 heteroatoms. The van der Waals surface area contributed by atoms with Crippen molar-refractivity contribution < 1.29 is 24.0 Å². The Morgan fingerprint density at radius 2 is 1.70 bits per heavy atom. The Kier molecular flexibility index (Phi) is 6.28. The lowest BCUT2D eigenvalue weighted by atomic mass is 9.96. The molecule has 2 aromatic carbocycles. The summed E-state index contributed by atoms with van der Waals surface area (Å²) in [5, 5.41) is 10.9. The first-order valence-electron chi connectivity index (χ1n) is 8.38. The quantitative estimate of drug-likeness (QED) is 0.319. The minimum atomic E-state index is -0.993. The van der Waals surface area contributed by atoms with Gasteiger partial charge >= 0.3 is 11.7 Å². The molecule has 27 heavy (non-hydrogen) atoms. The maximum Gasteiger partial charge on any atom is 0.344 e. The molecule has 0 amide bonds. The number of Topliss-reactive ketones (excluding diaryl/α,β-unsaturated/α-hetero) is 1. The van der Waals surface area contributed by atoms with Crippen LogP contribution in [0.1, 0.15) is 34.0 Å². The Bertz CT molecular complexity index is 890. The summed E-state index contributed by atoms with van der Waals surface area (Å²) in [4.78, 5) is 34.9. The molecule has 0 aromatic heterocycles. The first-order valence-corrected chi connectivity index (χ1v) is 8.38. The summed E-state index contributed by atoms with van der Waals surface area (Å²) >= 11 is 0. The fourth-order valence-corrected chi connectivity index (χ4v) is 2.60. The molecule has 0 aliphatic rings. The number of hydrogen-bond donors (Lipinski definition) is 0. The van der Waals surface area contributed by atoms with Crippen molar-refractivity contribution >= 4 is 17.4 Å². The molecule has 1 unspecified atom stereocenters. The van der Waals surface area contributed by atoms with Gasteiger partial charge in [0.05, 0.1) is 4.92 Å². The molecule has 0 bridgehead atoms. The normalized spacial score (nSPS) is 11.6. The van der Waals surface area contributed by atoms with E-state index in [0.29, 0.717) is 5.56 Å². The van der Waals surface area contributed by atoms with Crippen molar-refractivity contribution in [3.63, 3.8) is 0 Å². The van der Waals surface area contributed by atoms with Crippen LogP contribution in [0.4, 0.5) is 5.69 Å². The predicted molar refractivity (Wildman–Crippen MR) is 99.1 cm³/mol. The van der Waals surface area contributed by atoms with Gasteiger partial charge in [-0.05, 0) is 56.5 Å². The molecule has 0 fully saturated rings. The number of rotatable bonds is 7. The maximum atomic E-state index is 12.6. The lowest BCUT2D eigenvalue weighted by Crippen LogP contribution is -2.28. The van der Waals surface area contributed by atoms with Crippen LogP contribution < -0.4 is 4.74 Å². The van der Waals surface area contributed by atoms with Gasteiger partial charge in [0.25, 0.3) is 0 Å². The van der Waals surface area contributed by atoms with E-state index in [0.717, 1.165) is 16.7 Å². The lowest BCUT2D eigenvalue weighted by Gasteiger charge is -2.15. The minimum Gasteiger partial charge on any atom is -0.475 e. The summed E-state index contributed by atoms with van der Waals surface area (Å²) in [6.45, 7) is 6.64. The van der Waals surface area contributed by atoms with E-state index < -0.39 is 23.6 Å². The van der Waals surface area contributed by atoms with Gasteiger partial charge in [0.1, 0.15) is 0 Å². The molecule has 7 nitrogen and oxygen atoms in total. The number of esters is 1. The van der Waals surface area contributed by atoms with Gasteiger partial charge in [0.15, 0.2) is 18.5 Å². The van der Waals surface area contributed by atoms with Crippen LogP contribution in [0.5, 0.6) is 5.75 Å². The molecule has 0 saturated heterocycles. The Balaban J connectivity index is 2.01. The van der Waals surface area contributed by atoms with Crippen LogP contribution in [0.25, 0.3) is 0 Å². The average molecular weight is 371 g/mol. The van der Waals surface area contributed by atoms with Crippen molar-refractivity contribution in [1.29, 1.82) is 0 Å². The molecule has 0 aliphatic carbocycles. The van der Waals surface area contributed by atoms with Crippen LogP contribution in [0, 0.1) is 30.9 Å². The van der Waals surface area contributed by atoms with Gasteiger partial charge in [-0.25, -0.2) is 4.79 Å². The van der Waals surface area contributed by atoms with E-state index in [2.05, 4.69) is 0 Å². The SMILES string of the molecule is Cc1cc(C)c(C(=O)C(C)OC(=O)COc2ccccc2[N+](=O)[O-])cc1C. The van der Waals surface area contributed by atoms with Gasteiger partial charge < -0.3 is 9.47 Å². The summed E-state index contributed by atoms with van der Waals surface area (Å²) in [6, 6.07) is 9.40. The highest BCUT2D eigenvalue weighted by molar-refractivity contribution is 6.01. The van der Waals surface area contributed by atoms with Crippen molar-refractivity contribution in [1.82, 2.24) is 0 Å². The van der Waals surface area contributed by atoms with E-state index in [1.54, 1.807) is 12.1 Å². The summed E-state index contributed by atoms with van der Waals surface area (Å²) in [6.07, 6.45) is -0.993. The number of para-hydroxylation sites is 2. The number of carbonyl (C=O) groups excluding carboxylic acids is 2. The molecule has 0 spiro atoms. The number of carbonyl (C=O) groups is 2. The highest BCUT2D eigenvalue weighted by atomic mass is 16.6. The molecular weight excluding hydrogens is 350 g/mol. The number of hydrogen-bond acceptors (Lipinski definition) is 6. The van der Waals surface area contributed by atoms with Crippen molar-refractivity contribution in [2.45, 2.75) is 33.8 Å². The average Bonchev–Trinajstić information content (AvgIpc) is 2.62. The zero-order valence-corrected chi connectivity index (χ0v) is 15.6. The van der Waals surface area contributed by atoms with Gasteiger partial charge in [-0.3, -0.25) is 14.9 Å². The molecule has 0 aliphatic heterocycles. The highest BCUT2D eigenvalue weighted by Gasteiger charge is 2.22. The fraction of sp³-hybridized carbons (Fsp3) is 0.300. The van der Waals surface area contributed by atoms with Gasteiger partial charge in [0, 0.05) is 11.6 Å². The third-order valence-electron chi connectivity index (χ3n) is 4.19.